The van der Waals surface area contributed by atoms with Crippen molar-refractivity contribution in [2.24, 2.45) is 5.73 Å². The highest BCUT2D eigenvalue weighted by Gasteiger charge is 2.33. The van der Waals surface area contributed by atoms with Gasteiger partial charge < -0.3 is 5.73 Å². The van der Waals surface area contributed by atoms with Gasteiger partial charge in [0.25, 0.3) is 0 Å². The number of hydrogen-bond acceptors (Lipinski definition) is 4. The van der Waals surface area contributed by atoms with Crippen LogP contribution in [0.2, 0.25) is 0 Å². The summed E-state index contributed by atoms with van der Waals surface area (Å²) in [4.78, 5) is 0.242. The molecule has 1 aromatic rings. The maximum absolute atomic E-state index is 12.5. The Bertz CT molecular complexity index is 451. The lowest BCUT2D eigenvalue weighted by atomic mass is 10.2. The molecular weight excluding hydrogens is 252 g/mol. The van der Waals surface area contributed by atoms with Crippen molar-refractivity contribution in [3.63, 3.8) is 0 Å². The summed E-state index contributed by atoms with van der Waals surface area (Å²) in [7, 11) is -3.43. The van der Waals surface area contributed by atoms with Crippen LogP contribution in [-0.4, -0.2) is 42.1 Å². The first-order valence-electron chi connectivity index (χ1n) is 6.37. The molecule has 0 saturated heterocycles. The summed E-state index contributed by atoms with van der Waals surface area (Å²) in [6, 6.07) is 0.122. The maximum atomic E-state index is 12.5. The molecule has 0 atom stereocenters. The zero-order valence-corrected chi connectivity index (χ0v) is 11.2. The van der Waals surface area contributed by atoms with E-state index in [0.717, 1.165) is 25.7 Å². The highest BCUT2D eigenvalue weighted by atomic mass is 32.2. The highest BCUT2D eigenvalue weighted by Crippen LogP contribution is 2.28. The van der Waals surface area contributed by atoms with Crippen molar-refractivity contribution in [2.45, 2.75) is 43.0 Å². The average Bonchev–Trinajstić information content (AvgIpc) is 3.02. The quantitative estimate of drug-likeness (QED) is 0.797. The Morgan fingerprint density at radius 1 is 1.44 bits per heavy atom. The van der Waals surface area contributed by atoms with E-state index < -0.39 is 10.0 Å². The van der Waals surface area contributed by atoms with Gasteiger partial charge in [-0.2, -0.15) is 9.40 Å². The first-order chi connectivity index (χ1) is 8.66. The Morgan fingerprint density at radius 3 is 2.72 bits per heavy atom. The lowest BCUT2D eigenvalue weighted by molar-refractivity contribution is 0.320. The second-order valence-electron chi connectivity index (χ2n) is 4.63. The van der Waals surface area contributed by atoms with E-state index in [-0.39, 0.29) is 10.9 Å². The van der Waals surface area contributed by atoms with Crippen LogP contribution < -0.4 is 5.73 Å². The molecule has 0 aromatic carbocycles. The smallest absolute Gasteiger partial charge is 0.246 e. The summed E-state index contributed by atoms with van der Waals surface area (Å²) in [6.45, 7) is 0.999. The van der Waals surface area contributed by atoms with Gasteiger partial charge in [0, 0.05) is 18.8 Å². The van der Waals surface area contributed by atoms with Crippen LogP contribution in [0, 0.1) is 0 Å². The molecule has 2 rings (SSSR count). The molecule has 0 aliphatic heterocycles. The van der Waals surface area contributed by atoms with Crippen molar-refractivity contribution in [3.8, 4) is 0 Å². The third-order valence-electron chi connectivity index (χ3n) is 3.39. The molecule has 1 aliphatic carbocycles. The minimum Gasteiger partial charge on any atom is -0.330 e. The Labute approximate surface area is 108 Å². The van der Waals surface area contributed by atoms with E-state index in [0.29, 0.717) is 19.5 Å². The van der Waals surface area contributed by atoms with Gasteiger partial charge in [-0.25, -0.2) is 8.42 Å². The first-order valence-corrected chi connectivity index (χ1v) is 7.81. The molecule has 102 valence electrons. The Hall–Kier alpha value is -0.920. The van der Waals surface area contributed by atoms with Crippen molar-refractivity contribution in [1.82, 2.24) is 14.5 Å². The highest BCUT2D eigenvalue weighted by molar-refractivity contribution is 7.89. The summed E-state index contributed by atoms with van der Waals surface area (Å²) in [5.74, 6) is 0. The van der Waals surface area contributed by atoms with Crippen LogP contribution in [0.3, 0.4) is 0 Å². The molecule has 3 N–H and O–H groups in total. The number of aromatic amines is 1. The fraction of sp³-hybridized carbons (Fsp3) is 0.727. The van der Waals surface area contributed by atoms with Crippen LogP contribution in [-0.2, 0) is 10.0 Å². The number of nitrogens with two attached hydrogens (primary N) is 1. The fourth-order valence-electron chi connectivity index (χ4n) is 2.45. The van der Waals surface area contributed by atoms with Crippen molar-refractivity contribution in [2.75, 3.05) is 13.1 Å². The topological polar surface area (TPSA) is 92.1 Å². The van der Waals surface area contributed by atoms with Gasteiger partial charge in [0.05, 0.1) is 6.20 Å². The number of sulfonamides is 1. The van der Waals surface area contributed by atoms with Crippen molar-refractivity contribution in [1.29, 1.82) is 0 Å². The first kappa shape index (κ1) is 13.5. The molecular formula is C11H20N4O2S. The number of rotatable bonds is 6. The number of nitrogens with zero attached hydrogens (tertiary/aromatic N) is 2. The molecule has 18 heavy (non-hydrogen) atoms. The van der Waals surface area contributed by atoms with Gasteiger partial charge >= 0.3 is 0 Å². The summed E-state index contributed by atoms with van der Waals surface area (Å²) < 4.78 is 26.6. The number of nitrogens with one attached hydrogen (secondary N) is 1. The van der Waals surface area contributed by atoms with Crippen molar-refractivity contribution < 1.29 is 8.42 Å². The SMILES string of the molecule is NCCCN(C1CCCC1)S(=O)(=O)c1cn[nH]c1. The zero-order chi connectivity index (χ0) is 13.0. The van der Waals surface area contributed by atoms with E-state index in [1.54, 1.807) is 4.31 Å². The third-order valence-corrected chi connectivity index (χ3v) is 5.31. The number of hydrogen-bond donors (Lipinski definition) is 2. The molecule has 1 aromatic heterocycles. The van der Waals surface area contributed by atoms with E-state index in [2.05, 4.69) is 10.2 Å². The second kappa shape index (κ2) is 5.81. The summed E-state index contributed by atoms with van der Waals surface area (Å²) >= 11 is 0. The van der Waals surface area contributed by atoms with Crippen LogP contribution in [0.25, 0.3) is 0 Å². The van der Waals surface area contributed by atoms with Crippen molar-refractivity contribution in [3.05, 3.63) is 12.4 Å². The Morgan fingerprint density at radius 2 is 2.17 bits per heavy atom. The van der Waals surface area contributed by atoms with Gasteiger partial charge in [0.2, 0.25) is 10.0 Å². The molecule has 1 heterocycles. The Balaban J connectivity index is 2.22. The van der Waals surface area contributed by atoms with Crippen LogP contribution >= 0.6 is 0 Å². The maximum Gasteiger partial charge on any atom is 0.246 e. The van der Waals surface area contributed by atoms with Crippen LogP contribution in [0.1, 0.15) is 32.1 Å². The third kappa shape index (κ3) is 2.73. The zero-order valence-electron chi connectivity index (χ0n) is 10.4. The summed E-state index contributed by atoms with van der Waals surface area (Å²) in [5.41, 5.74) is 5.50. The molecule has 1 aliphatic rings. The van der Waals surface area contributed by atoms with E-state index >= 15 is 0 Å². The largest absolute Gasteiger partial charge is 0.330 e. The monoisotopic (exact) mass is 272 g/mol. The van der Waals surface area contributed by atoms with Gasteiger partial charge in [-0.1, -0.05) is 12.8 Å². The molecule has 0 spiro atoms. The lowest BCUT2D eigenvalue weighted by Crippen LogP contribution is -2.40. The molecule has 0 bridgehead atoms. The van der Waals surface area contributed by atoms with Crippen LogP contribution in [0.5, 0.6) is 0 Å². The van der Waals surface area contributed by atoms with Gasteiger partial charge in [-0.05, 0) is 25.8 Å². The molecule has 1 saturated carbocycles. The fourth-order valence-corrected chi connectivity index (χ4v) is 4.08. The van der Waals surface area contributed by atoms with Crippen LogP contribution in [0.15, 0.2) is 17.3 Å². The minimum absolute atomic E-state index is 0.122. The molecule has 0 amide bonds. The van der Waals surface area contributed by atoms with E-state index in [9.17, 15) is 8.42 Å². The molecule has 0 radical (unpaired) electrons. The van der Waals surface area contributed by atoms with E-state index in [4.69, 9.17) is 5.73 Å². The molecule has 0 unspecified atom stereocenters. The predicted molar refractivity (Wildman–Crippen MR) is 68.4 cm³/mol. The molecule has 7 heteroatoms. The number of H-pyrrole nitrogens is 1. The number of aromatic nitrogens is 2. The van der Waals surface area contributed by atoms with E-state index in [1.807, 2.05) is 0 Å². The van der Waals surface area contributed by atoms with Gasteiger partial charge in [-0.15, -0.1) is 0 Å². The predicted octanol–water partition coefficient (Wildman–Crippen LogP) is 0.692. The standard InChI is InChI=1S/C11H20N4O2S/c12-6-3-7-15(10-4-1-2-5-10)18(16,17)11-8-13-14-9-11/h8-10H,1-7,12H2,(H,13,14). The summed E-state index contributed by atoms with van der Waals surface area (Å²) in [6.07, 6.45) is 7.58. The minimum atomic E-state index is -3.43. The molecule has 6 nitrogen and oxygen atoms in total. The molecule has 1 fully saturated rings. The van der Waals surface area contributed by atoms with Gasteiger partial charge in [0.15, 0.2) is 0 Å². The van der Waals surface area contributed by atoms with Gasteiger partial charge in [-0.3, -0.25) is 5.10 Å². The average molecular weight is 272 g/mol. The van der Waals surface area contributed by atoms with E-state index in [1.165, 1.54) is 12.4 Å². The van der Waals surface area contributed by atoms with Gasteiger partial charge in [0.1, 0.15) is 4.90 Å². The summed E-state index contributed by atoms with van der Waals surface area (Å²) in [5, 5.41) is 6.28. The van der Waals surface area contributed by atoms with Crippen LogP contribution in [0.4, 0.5) is 0 Å². The normalized spacial score (nSPS) is 17.7. The lowest BCUT2D eigenvalue weighted by Gasteiger charge is -2.27. The second-order valence-corrected chi connectivity index (χ2v) is 6.52. The van der Waals surface area contributed by atoms with Crippen molar-refractivity contribution >= 4 is 10.0 Å². The Kier molecular flexibility index (Phi) is 4.36.